The molecule has 0 aliphatic carbocycles. The molecular weight excluding hydrogens is 390 g/mol. The molecule has 0 aliphatic rings. The second-order valence-corrected chi connectivity index (χ2v) is 6.52. The van der Waals surface area contributed by atoms with Crippen LogP contribution in [0.5, 0.6) is 0 Å². The van der Waals surface area contributed by atoms with Crippen molar-refractivity contribution in [1.82, 2.24) is 15.0 Å². The number of hydrogen-bond acceptors (Lipinski definition) is 6. The summed E-state index contributed by atoms with van der Waals surface area (Å²) < 4.78 is 0. The summed E-state index contributed by atoms with van der Waals surface area (Å²) in [4.78, 5) is 24.2. The van der Waals surface area contributed by atoms with Gasteiger partial charge in [0.1, 0.15) is 17.8 Å². The molecule has 31 heavy (non-hydrogen) atoms. The van der Waals surface area contributed by atoms with Gasteiger partial charge in [-0.1, -0.05) is 18.2 Å². The predicted molar refractivity (Wildman–Crippen MR) is 113 cm³/mol. The van der Waals surface area contributed by atoms with E-state index in [1.807, 2.05) is 24.3 Å². The molecule has 0 fully saturated rings. The van der Waals surface area contributed by atoms with Gasteiger partial charge in [0, 0.05) is 29.7 Å². The SMILES string of the molecule is N#Cc1cnc(-c2cccc(-c3ccncc3)n2)c(C#N)c1-c1ccc(C(=O)O)cc1. The molecule has 0 bridgehead atoms. The van der Waals surface area contributed by atoms with Crippen LogP contribution < -0.4 is 0 Å². The summed E-state index contributed by atoms with van der Waals surface area (Å²) in [6.07, 6.45) is 4.74. The fourth-order valence-corrected chi connectivity index (χ4v) is 3.23. The minimum absolute atomic E-state index is 0.113. The first kappa shape index (κ1) is 19.4. The fraction of sp³-hybridized carbons (Fsp3) is 0. The van der Waals surface area contributed by atoms with Gasteiger partial charge in [0.05, 0.1) is 28.1 Å². The summed E-state index contributed by atoms with van der Waals surface area (Å²) in [5.74, 6) is -1.06. The van der Waals surface area contributed by atoms with Crippen molar-refractivity contribution >= 4 is 5.97 Å². The lowest BCUT2D eigenvalue weighted by atomic mass is 9.93. The van der Waals surface area contributed by atoms with Crippen LogP contribution in [0.15, 0.2) is 73.2 Å². The summed E-state index contributed by atoms with van der Waals surface area (Å²) in [6, 6.07) is 19.3. The van der Waals surface area contributed by atoms with Gasteiger partial charge in [-0.05, 0) is 42.0 Å². The maximum Gasteiger partial charge on any atom is 0.335 e. The van der Waals surface area contributed by atoms with Crippen LogP contribution in [0.1, 0.15) is 21.5 Å². The first-order chi connectivity index (χ1) is 15.1. The van der Waals surface area contributed by atoms with Crippen molar-refractivity contribution < 1.29 is 9.90 Å². The number of carbonyl (C=O) groups is 1. The van der Waals surface area contributed by atoms with Crippen molar-refractivity contribution in [3.63, 3.8) is 0 Å². The van der Waals surface area contributed by atoms with Crippen molar-refractivity contribution in [2.45, 2.75) is 0 Å². The largest absolute Gasteiger partial charge is 0.478 e. The van der Waals surface area contributed by atoms with E-state index in [2.05, 4.69) is 27.1 Å². The van der Waals surface area contributed by atoms with Gasteiger partial charge in [0.15, 0.2) is 0 Å². The van der Waals surface area contributed by atoms with Gasteiger partial charge in [-0.2, -0.15) is 10.5 Å². The number of carboxylic acid groups (broad SMARTS) is 1. The number of rotatable bonds is 4. The summed E-state index contributed by atoms with van der Waals surface area (Å²) in [7, 11) is 0. The highest BCUT2D eigenvalue weighted by molar-refractivity contribution is 5.89. The number of pyridine rings is 3. The predicted octanol–water partition coefficient (Wildman–Crippen LogP) is 4.31. The van der Waals surface area contributed by atoms with E-state index in [1.54, 1.807) is 30.6 Å². The molecule has 0 saturated carbocycles. The normalized spacial score (nSPS) is 10.1. The number of hydrogen-bond donors (Lipinski definition) is 1. The van der Waals surface area contributed by atoms with E-state index in [-0.39, 0.29) is 16.7 Å². The molecule has 3 heterocycles. The lowest BCUT2D eigenvalue weighted by molar-refractivity contribution is 0.0697. The van der Waals surface area contributed by atoms with Crippen molar-refractivity contribution in [2.75, 3.05) is 0 Å². The highest BCUT2D eigenvalue weighted by Crippen LogP contribution is 2.33. The summed E-state index contributed by atoms with van der Waals surface area (Å²) >= 11 is 0. The minimum Gasteiger partial charge on any atom is -0.478 e. The molecule has 0 spiro atoms. The zero-order chi connectivity index (χ0) is 21.8. The van der Waals surface area contributed by atoms with Crippen molar-refractivity contribution in [1.29, 1.82) is 10.5 Å². The molecule has 0 unspecified atom stereocenters. The Labute approximate surface area is 177 Å². The zero-order valence-corrected chi connectivity index (χ0v) is 16.0. The van der Waals surface area contributed by atoms with Crippen molar-refractivity contribution in [2.24, 2.45) is 0 Å². The molecule has 7 heteroatoms. The zero-order valence-electron chi connectivity index (χ0n) is 16.0. The second-order valence-electron chi connectivity index (χ2n) is 6.52. The molecule has 0 atom stereocenters. The van der Waals surface area contributed by atoms with E-state index in [0.717, 1.165) is 5.56 Å². The van der Waals surface area contributed by atoms with Crippen LogP contribution in [0.3, 0.4) is 0 Å². The Balaban J connectivity index is 1.90. The van der Waals surface area contributed by atoms with Crippen molar-refractivity contribution in [3.05, 3.63) is 89.9 Å². The molecule has 0 amide bonds. The van der Waals surface area contributed by atoms with Gasteiger partial charge in [-0.15, -0.1) is 0 Å². The van der Waals surface area contributed by atoms with Crippen LogP contribution in [-0.4, -0.2) is 26.0 Å². The van der Waals surface area contributed by atoms with E-state index >= 15 is 0 Å². The van der Waals surface area contributed by atoms with Crippen LogP contribution in [-0.2, 0) is 0 Å². The van der Waals surface area contributed by atoms with Gasteiger partial charge in [-0.25, -0.2) is 9.78 Å². The molecule has 7 nitrogen and oxygen atoms in total. The topological polar surface area (TPSA) is 124 Å². The monoisotopic (exact) mass is 403 g/mol. The van der Waals surface area contributed by atoms with Gasteiger partial charge >= 0.3 is 5.97 Å². The molecule has 4 rings (SSSR count). The third kappa shape index (κ3) is 3.71. The molecule has 1 N–H and O–H groups in total. The third-order valence-electron chi connectivity index (χ3n) is 4.70. The number of carboxylic acids is 1. The van der Waals surface area contributed by atoms with Crippen LogP contribution in [0, 0.1) is 22.7 Å². The molecule has 3 aromatic heterocycles. The lowest BCUT2D eigenvalue weighted by Crippen LogP contribution is -2.00. The van der Waals surface area contributed by atoms with Gasteiger partial charge < -0.3 is 5.11 Å². The number of nitriles is 2. The molecule has 0 radical (unpaired) electrons. The fourth-order valence-electron chi connectivity index (χ4n) is 3.23. The first-order valence-electron chi connectivity index (χ1n) is 9.17. The minimum atomic E-state index is -1.06. The third-order valence-corrected chi connectivity index (χ3v) is 4.70. The maximum atomic E-state index is 11.2. The maximum absolute atomic E-state index is 11.2. The van der Waals surface area contributed by atoms with Gasteiger partial charge in [0.25, 0.3) is 0 Å². The summed E-state index contributed by atoms with van der Waals surface area (Å²) in [5, 5.41) is 28.7. The van der Waals surface area contributed by atoms with E-state index < -0.39 is 5.97 Å². The Morgan fingerprint density at radius 2 is 1.58 bits per heavy atom. The van der Waals surface area contributed by atoms with Gasteiger partial charge in [-0.3, -0.25) is 9.97 Å². The average molecular weight is 403 g/mol. The Morgan fingerprint density at radius 3 is 2.23 bits per heavy atom. The highest BCUT2D eigenvalue weighted by Gasteiger charge is 2.19. The van der Waals surface area contributed by atoms with Gasteiger partial charge in [0.2, 0.25) is 0 Å². The average Bonchev–Trinajstić information content (AvgIpc) is 2.83. The summed E-state index contributed by atoms with van der Waals surface area (Å²) in [5.41, 5.74) is 3.86. The van der Waals surface area contributed by atoms with E-state index in [9.17, 15) is 15.3 Å². The molecule has 1 aromatic carbocycles. The quantitative estimate of drug-likeness (QED) is 0.538. The molecule has 0 saturated heterocycles. The number of aromatic carboxylic acids is 1. The van der Waals surface area contributed by atoms with E-state index in [4.69, 9.17) is 5.11 Å². The lowest BCUT2D eigenvalue weighted by Gasteiger charge is -2.12. The summed E-state index contributed by atoms with van der Waals surface area (Å²) in [6.45, 7) is 0. The van der Waals surface area contributed by atoms with Crippen LogP contribution >= 0.6 is 0 Å². The van der Waals surface area contributed by atoms with Crippen LogP contribution in [0.4, 0.5) is 0 Å². The number of aromatic nitrogens is 3. The molecular formula is C24H13N5O2. The smallest absolute Gasteiger partial charge is 0.335 e. The van der Waals surface area contributed by atoms with Crippen LogP contribution in [0.25, 0.3) is 33.8 Å². The Morgan fingerprint density at radius 1 is 0.871 bits per heavy atom. The second kappa shape index (κ2) is 8.24. The Bertz CT molecular complexity index is 1370. The first-order valence-corrected chi connectivity index (χ1v) is 9.17. The molecule has 146 valence electrons. The Hall–Kier alpha value is -4.88. The molecule has 0 aliphatic heterocycles. The standard InChI is InChI=1S/C24H13N5O2/c25-12-18-14-28-23(21-3-1-2-20(29-21)15-8-10-27-11-9-15)19(13-26)22(18)16-4-6-17(7-5-16)24(30)31/h1-11,14H,(H,30,31). The number of benzene rings is 1. The van der Waals surface area contributed by atoms with Crippen molar-refractivity contribution in [3.8, 4) is 45.9 Å². The van der Waals surface area contributed by atoms with Crippen LogP contribution in [0.2, 0.25) is 0 Å². The highest BCUT2D eigenvalue weighted by atomic mass is 16.4. The Kier molecular flexibility index (Phi) is 5.16. The van der Waals surface area contributed by atoms with E-state index in [0.29, 0.717) is 28.2 Å². The molecule has 4 aromatic rings. The van der Waals surface area contributed by atoms with E-state index in [1.165, 1.54) is 18.3 Å². The number of nitrogens with zero attached hydrogens (tertiary/aromatic N) is 5.